The molecule has 0 atom stereocenters. The number of benzene rings is 1. The van der Waals surface area contributed by atoms with Crippen molar-refractivity contribution in [1.82, 2.24) is 4.98 Å². The van der Waals surface area contributed by atoms with Gasteiger partial charge < -0.3 is 15.8 Å². The van der Waals surface area contributed by atoms with Crippen LogP contribution in [0.3, 0.4) is 0 Å². The number of amides is 1. The number of ether oxygens (including phenoxy) is 1. The van der Waals surface area contributed by atoms with Crippen LogP contribution in [0.1, 0.15) is 24.6 Å². The number of rotatable bonds is 7. The lowest BCUT2D eigenvalue weighted by atomic mass is 10.1. The highest BCUT2D eigenvalue weighted by Crippen LogP contribution is 2.17. The van der Waals surface area contributed by atoms with Crippen molar-refractivity contribution in [3.8, 4) is 0 Å². The Balaban J connectivity index is 1.82. The quantitative estimate of drug-likeness (QED) is 0.599. The number of nitrogens with two attached hydrogens (primary N) is 1. The fraction of sp³-hybridized carbons (Fsp3) is 0.312. The predicted molar refractivity (Wildman–Crippen MR) is 90.3 cm³/mol. The number of hydrogen-bond donors (Lipinski definition) is 2. The number of thiazole rings is 1. The molecule has 0 aliphatic rings. The van der Waals surface area contributed by atoms with Crippen LogP contribution in [0.15, 0.2) is 29.6 Å². The van der Waals surface area contributed by atoms with Crippen LogP contribution in [0.2, 0.25) is 0 Å². The van der Waals surface area contributed by atoms with E-state index in [1.807, 2.05) is 24.3 Å². The van der Waals surface area contributed by atoms with E-state index in [1.54, 1.807) is 12.3 Å². The molecule has 0 aliphatic carbocycles. The number of carbonyl (C=O) groups excluding carboxylic acids is 2. The first-order chi connectivity index (χ1) is 11.1. The third kappa shape index (κ3) is 5.37. The van der Waals surface area contributed by atoms with Crippen molar-refractivity contribution in [3.63, 3.8) is 0 Å². The average molecular weight is 333 g/mol. The number of aryl methyl sites for hydroxylation is 1. The fourth-order valence-electron chi connectivity index (χ4n) is 2.00. The van der Waals surface area contributed by atoms with Gasteiger partial charge in [0.2, 0.25) is 5.91 Å². The molecule has 6 nitrogen and oxygen atoms in total. The molecule has 0 aliphatic heterocycles. The molecule has 0 unspecified atom stereocenters. The summed E-state index contributed by atoms with van der Waals surface area (Å²) in [6.45, 7) is 2.10. The van der Waals surface area contributed by atoms with Crippen LogP contribution in [0.5, 0.6) is 0 Å². The minimum atomic E-state index is -0.324. The summed E-state index contributed by atoms with van der Waals surface area (Å²) in [6.07, 6.45) is 1.00. The number of hydrogen-bond acceptors (Lipinski definition) is 6. The van der Waals surface area contributed by atoms with Crippen molar-refractivity contribution in [2.75, 3.05) is 17.7 Å². The second-order valence-corrected chi connectivity index (χ2v) is 5.73. The molecule has 23 heavy (non-hydrogen) atoms. The van der Waals surface area contributed by atoms with Gasteiger partial charge in [-0.3, -0.25) is 9.59 Å². The van der Waals surface area contributed by atoms with Gasteiger partial charge in [-0.2, -0.15) is 0 Å². The molecule has 0 fully saturated rings. The number of para-hydroxylation sites is 1. The summed E-state index contributed by atoms with van der Waals surface area (Å²) in [4.78, 5) is 27.5. The molecule has 1 aromatic heterocycles. The first kappa shape index (κ1) is 17.0. The molecule has 3 N–H and O–H groups in total. The van der Waals surface area contributed by atoms with Gasteiger partial charge in [-0.15, -0.1) is 11.3 Å². The molecule has 0 radical (unpaired) electrons. The van der Waals surface area contributed by atoms with Crippen LogP contribution >= 0.6 is 11.3 Å². The highest BCUT2D eigenvalue weighted by Gasteiger charge is 2.11. The van der Waals surface area contributed by atoms with E-state index < -0.39 is 0 Å². The van der Waals surface area contributed by atoms with E-state index in [2.05, 4.69) is 10.3 Å². The highest BCUT2D eigenvalue weighted by molar-refractivity contribution is 7.13. The van der Waals surface area contributed by atoms with Crippen LogP contribution in [-0.4, -0.2) is 23.5 Å². The first-order valence-electron chi connectivity index (χ1n) is 7.31. The van der Waals surface area contributed by atoms with Crippen molar-refractivity contribution in [2.45, 2.75) is 26.2 Å². The van der Waals surface area contributed by atoms with Gasteiger partial charge in [-0.25, -0.2) is 4.98 Å². The van der Waals surface area contributed by atoms with Crippen LogP contribution in [0, 0.1) is 0 Å². The van der Waals surface area contributed by atoms with Crippen molar-refractivity contribution < 1.29 is 14.3 Å². The van der Waals surface area contributed by atoms with E-state index in [0.717, 1.165) is 5.56 Å². The summed E-state index contributed by atoms with van der Waals surface area (Å²) in [5.41, 5.74) is 8.08. The van der Waals surface area contributed by atoms with Crippen molar-refractivity contribution in [2.24, 2.45) is 0 Å². The van der Waals surface area contributed by atoms with Gasteiger partial charge in [0, 0.05) is 17.5 Å². The number of aromatic nitrogens is 1. The second-order valence-electron chi connectivity index (χ2n) is 4.87. The Bertz CT molecular complexity index is 685. The van der Waals surface area contributed by atoms with Crippen molar-refractivity contribution in [3.05, 3.63) is 40.9 Å². The Morgan fingerprint density at radius 2 is 2.13 bits per heavy atom. The smallest absolute Gasteiger partial charge is 0.311 e. The number of nitrogens with zero attached hydrogens (tertiary/aromatic N) is 1. The van der Waals surface area contributed by atoms with Crippen molar-refractivity contribution >= 4 is 34.0 Å². The summed E-state index contributed by atoms with van der Waals surface area (Å²) in [7, 11) is 0. The molecule has 0 saturated heterocycles. The Kier molecular flexibility index (Phi) is 6.10. The fourth-order valence-corrected chi connectivity index (χ4v) is 2.72. The van der Waals surface area contributed by atoms with Gasteiger partial charge in [0.05, 0.1) is 18.7 Å². The monoisotopic (exact) mass is 333 g/mol. The Labute approximate surface area is 138 Å². The van der Waals surface area contributed by atoms with Crippen LogP contribution in [-0.2, 0) is 27.2 Å². The number of nitrogen functional groups attached to an aromatic ring is 1. The lowest BCUT2D eigenvalue weighted by Gasteiger charge is -2.05. The topological polar surface area (TPSA) is 94.3 Å². The number of nitrogens with one attached hydrogen (secondary N) is 1. The maximum Gasteiger partial charge on any atom is 0.311 e. The summed E-state index contributed by atoms with van der Waals surface area (Å²) in [6, 6.07) is 7.48. The Morgan fingerprint density at radius 1 is 1.35 bits per heavy atom. The summed E-state index contributed by atoms with van der Waals surface area (Å²) >= 11 is 1.29. The first-order valence-corrected chi connectivity index (χ1v) is 8.19. The number of anilines is 2. The summed E-state index contributed by atoms with van der Waals surface area (Å²) in [5, 5.41) is 4.95. The zero-order valence-electron chi connectivity index (χ0n) is 12.9. The molecule has 1 heterocycles. The van der Waals surface area contributed by atoms with E-state index in [-0.39, 0.29) is 18.3 Å². The standard InChI is InChI=1S/C16H19N3O3S/c1-2-22-15(21)9-12-10-23-16(18-12)19-14(20)8-7-11-5-3-4-6-13(11)17/h3-6,10H,2,7-9,17H2,1H3,(H,18,19,20). The minimum Gasteiger partial charge on any atom is -0.466 e. The van der Waals surface area contributed by atoms with E-state index in [9.17, 15) is 9.59 Å². The normalized spacial score (nSPS) is 10.3. The van der Waals surface area contributed by atoms with Crippen molar-refractivity contribution in [1.29, 1.82) is 0 Å². The minimum absolute atomic E-state index is 0.112. The van der Waals surface area contributed by atoms with Gasteiger partial charge in [-0.1, -0.05) is 18.2 Å². The number of esters is 1. The molecular formula is C16H19N3O3S. The van der Waals surface area contributed by atoms with Crippen LogP contribution in [0.25, 0.3) is 0 Å². The third-order valence-corrected chi connectivity index (χ3v) is 3.91. The average Bonchev–Trinajstić information content (AvgIpc) is 2.93. The molecule has 1 amide bonds. The summed E-state index contributed by atoms with van der Waals surface area (Å²) in [5.74, 6) is -0.458. The molecular weight excluding hydrogens is 314 g/mol. The predicted octanol–water partition coefficient (Wildman–Crippen LogP) is 2.40. The lowest BCUT2D eigenvalue weighted by molar-refractivity contribution is -0.142. The largest absolute Gasteiger partial charge is 0.466 e. The van der Waals surface area contributed by atoms with E-state index in [1.165, 1.54) is 11.3 Å². The molecule has 0 saturated carbocycles. The summed E-state index contributed by atoms with van der Waals surface area (Å²) < 4.78 is 4.86. The number of carbonyl (C=O) groups is 2. The molecule has 0 bridgehead atoms. The highest BCUT2D eigenvalue weighted by atomic mass is 32.1. The van der Waals surface area contributed by atoms with Gasteiger partial charge in [0.15, 0.2) is 5.13 Å². The lowest BCUT2D eigenvalue weighted by Crippen LogP contribution is -2.13. The zero-order valence-corrected chi connectivity index (χ0v) is 13.7. The molecule has 2 rings (SSSR count). The van der Waals surface area contributed by atoms with Gasteiger partial charge in [-0.05, 0) is 25.0 Å². The van der Waals surface area contributed by atoms with E-state index >= 15 is 0 Å². The Hall–Kier alpha value is -2.41. The Morgan fingerprint density at radius 3 is 2.87 bits per heavy atom. The van der Waals surface area contributed by atoms with Gasteiger partial charge >= 0.3 is 5.97 Å². The maximum atomic E-state index is 12.0. The van der Waals surface area contributed by atoms with Gasteiger partial charge in [0.25, 0.3) is 0 Å². The van der Waals surface area contributed by atoms with Gasteiger partial charge in [0.1, 0.15) is 0 Å². The van der Waals surface area contributed by atoms with Crippen LogP contribution < -0.4 is 11.1 Å². The molecule has 7 heteroatoms. The SMILES string of the molecule is CCOC(=O)Cc1csc(NC(=O)CCc2ccccc2N)n1. The zero-order chi connectivity index (χ0) is 16.7. The molecule has 122 valence electrons. The van der Waals surface area contributed by atoms with Crippen LogP contribution in [0.4, 0.5) is 10.8 Å². The molecule has 2 aromatic rings. The maximum absolute atomic E-state index is 12.0. The third-order valence-electron chi connectivity index (χ3n) is 3.11. The molecule has 0 spiro atoms. The van der Waals surface area contributed by atoms with E-state index in [4.69, 9.17) is 10.5 Å². The second kappa shape index (κ2) is 8.28. The molecule has 1 aromatic carbocycles. The van der Waals surface area contributed by atoms with E-state index in [0.29, 0.717) is 36.0 Å².